The number of hydrogen-bond acceptors (Lipinski definition) is 10. The first-order chi connectivity index (χ1) is 21.0. The Morgan fingerprint density at radius 1 is 0.911 bits per heavy atom. The molecule has 11 nitrogen and oxygen atoms in total. The van der Waals surface area contributed by atoms with Crippen LogP contribution in [0.2, 0.25) is 0 Å². The second-order valence-electron chi connectivity index (χ2n) is 13.6. The largest absolute Gasteiger partial charge is 0.493 e. The highest BCUT2D eigenvalue weighted by Gasteiger charge is 2.52. The van der Waals surface area contributed by atoms with Crippen molar-refractivity contribution in [3.8, 4) is 5.75 Å². The fourth-order valence-electron chi connectivity index (χ4n) is 4.68. The van der Waals surface area contributed by atoms with Crippen LogP contribution in [0.4, 0.5) is 0 Å². The highest BCUT2D eigenvalue weighted by molar-refractivity contribution is 6.12. The van der Waals surface area contributed by atoms with Gasteiger partial charge in [0.1, 0.15) is 34.3 Å². The lowest BCUT2D eigenvalue weighted by atomic mass is 9.78. The standard InChI is InChI=1S/C34H41N3O8/c1-21(2)19-42-22-13-14-23-25(20-43-28(23)17-22)27(38)18-34(30(40)44-32(3,4)5,31(41)45-33(6,7)8)15-16-37-29(39)24-11-9-10-12-26(24)35-36-37/h9-14,17,20-21H,15-16,18-19H2,1-8H3. The molecule has 11 heteroatoms. The number of carbonyl (C=O) groups is 3. The van der Waals surface area contributed by atoms with Crippen molar-refractivity contribution in [3.63, 3.8) is 0 Å². The second kappa shape index (κ2) is 12.8. The van der Waals surface area contributed by atoms with Crippen LogP contribution in [0.1, 0.15) is 78.6 Å². The van der Waals surface area contributed by atoms with E-state index in [9.17, 15) is 19.2 Å². The molecule has 0 atom stereocenters. The van der Waals surface area contributed by atoms with E-state index in [1.54, 1.807) is 84.0 Å². The monoisotopic (exact) mass is 619 g/mol. The van der Waals surface area contributed by atoms with Gasteiger partial charge in [-0.05, 0) is 78.1 Å². The third kappa shape index (κ3) is 7.95. The Hall–Kier alpha value is -4.54. The zero-order valence-electron chi connectivity index (χ0n) is 27.1. The molecule has 0 saturated heterocycles. The molecule has 0 spiro atoms. The Bertz CT molecular complexity index is 1740. The number of aryl methyl sites for hydroxylation is 1. The molecule has 4 aromatic rings. The van der Waals surface area contributed by atoms with Crippen LogP contribution >= 0.6 is 0 Å². The molecule has 240 valence electrons. The van der Waals surface area contributed by atoms with Crippen molar-refractivity contribution >= 4 is 39.6 Å². The lowest BCUT2D eigenvalue weighted by molar-refractivity contribution is -0.186. The molecule has 0 saturated carbocycles. The van der Waals surface area contributed by atoms with Crippen molar-refractivity contribution in [1.29, 1.82) is 0 Å². The van der Waals surface area contributed by atoms with Gasteiger partial charge in [0.05, 0.1) is 17.6 Å². The van der Waals surface area contributed by atoms with Crippen LogP contribution in [0.15, 0.2) is 57.9 Å². The molecule has 0 unspecified atom stereocenters. The van der Waals surface area contributed by atoms with E-state index < -0.39 is 46.3 Å². The van der Waals surface area contributed by atoms with Crippen molar-refractivity contribution in [1.82, 2.24) is 15.0 Å². The Balaban J connectivity index is 1.76. The Kier molecular flexibility index (Phi) is 9.51. The molecular formula is C34H41N3O8. The number of fused-ring (bicyclic) bond motifs is 2. The van der Waals surface area contributed by atoms with E-state index in [2.05, 4.69) is 10.3 Å². The molecule has 0 aliphatic heterocycles. The molecular weight excluding hydrogens is 578 g/mol. The topological polar surface area (TPSA) is 140 Å². The smallest absolute Gasteiger partial charge is 0.324 e. The average Bonchev–Trinajstić information content (AvgIpc) is 3.36. The van der Waals surface area contributed by atoms with E-state index in [-0.39, 0.29) is 18.5 Å². The van der Waals surface area contributed by atoms with E-state index in [1.807, 2.05) is 13.8 Å². The number of aromatic nitrogens is 3. The van der Waals surface area contributed by atoms with Crippen molar-refractivity contribution in [2.75, 3.05) is 6.61 Å². The molecule has 2 heterocycles. The first-order valence-electron chi connectivity index (χ1n) is 15.0. The van der Waals surface area contributed by atoms with Crippen LogP contribution in [0, 0.1) is 11.3 Å². The summed E-state index contributed by atoms with van der Waals surface area (Å²) in [6, 6.07) is 11.8. The van der Waals surface area contributed by atoms with Crippen molar-refractivity contribution in [2.24, 2.45) is 11.3 Å². The number of benzene rings is 2. The molecule has 2 aromatic carbocycles. The summed E-state index contributed by atoms with van der Waals surface area (Å²) in [5.41, 5.74) is -3.58. The van der Waals surface area contributed by atoms with Gasteiger partial charge < -0.3 is 18.6 Å². The summed E-state index contributed by atoms with van der Waals surface area (Å²) < 4.78 is 24.0. The van der Waals surface area contributed by atoms with Crippen LogP contribution < -0.4 is 10.3 Å². The summed E-state index contributed by atoms with van der Waals surface area (Å²) in [6.45, 7) is 14.3. The molecule has 45 heavy (non-hydrogen) atoms. The minimum Gasteiger partial charge on any atom is -0.493 e. The van der Waals surface area contributed by atoms with Crippen LogP contribution in [0.5, 0.6) is 5.75 Å². The Morgan fingerprint density at radius 2 is 1.56 bits per heavy atom. The summed E-state index contributed by atoms with van der Waals surface area (Å²) in [5, 5.41) is 8.95. The number of ketones is 1. The van der Waals surface area contributed by atoms with Crippen LogP contribution in [0.25, 0.3) is 21.9 Å². The number of ether oxygens (including phenoxy) is 3. The third-order valence-corrected chi connectivity index (χ3v) is 6.85. The maximum absolute atomic E-state index is 14.0. The molecule has 0 aliphatic rings. The molecule has 0 radical (unpaired) electrons. The molecule has 0 amide bonds. The summed E-state index contributed by atoms with van der Waals surface area (Å²) in [7, 11) is 0. The van der Waals surface area contributed by atoms with Gasteiger partial charge in [0.25, 0.3) is 5.56 Å². The van der Waals surface area contributed by atoms with E-state index in [1.165, 1.54) is 6.26 Å². The quantitative estimate of drug-likeness (QED) is 0.113. The zero-order valence-corrected chi connectivity index (χ0v) is 27.1. The molecule has 0 bridgehead atoms. The predicted octanol–water partition coefficient (Wildman–Crippen LogP) is 5.91. The molecule has 0 N–H and O–H groups in total. The van der Waals surface area contributed by atoms with Crippen LogP contribution in [-0.4, -0.2) is 50.5 Å². The lowest BCUT2D eigenvalue weighted by Crippen LogP contribution is -2.49. The van der Waals surface area contributed by atoms with Gasteiger partial charge in [-0.1, -0.05) is 31.2 Å². The number of Topliss-reactive ketones (excluding diaryl/α,β-unsaturated/α-hetero) is 1. The fraction of sp³-hybridized carbons (Fsp3) is 0.471. The van der Waals surface area contributed by atoms with Gasteiger partial charge >= 0.3 is 11.9 Å². The van der Waals surface area contributed by atoms with Gasteiger partial charge in [-0.25, -0.2) is 4.68 Å². The minimum absolute atomic E-state index is 0.180. The normalized spacial score (nSPS) is 12.5. The first kappa shape index (κ1) is 33.4. The Morgan fingerprint density at radius 3 is 2.18 bits per heavy atom. The minimum atomic E-state index is -2.13. The van der Waals surface area contributed by atoms with E-state index in [0.29, 0.717) is 40.1 Å². The van der Waals surface area contributed by atoms with Crippen molar-refractivity contribution in [2.45, 2.75) is 86.0 Å². The summed E-state index contributed by atoms with van der Waals surface area (Å²) in [4.78, 5) is 55.3. The maximum Gasteiger partial charge on any atom is 0.324 e. The highest BCUT2D eigenvalue weighted by Crippen LogP contribution is 2.37. The van der Waals surface area contributed by atoms with Crippen molar-refractivity contribution in [3.05, 3.63) is 64.6 Å². The highest BCUT2D eigenvalue weighted by atomic mass is 16.6. The number of rotatable bonds is 11. The van der Waals surface area contributed by atoms with Gasteiger partial charge in [-0.3, -0.25) is 19.2 Å². The number of carbonyl (C=O) groups excluding carboxylic acids is 3. The average molecular weight is 620 g/mol. The zero-order chi connectivity index (χ0) is 33.2. The Labute approximate surface area is 261 Å². The molecule has 4 rings (SSSR count). The first-order valence-corrected chi connectivity index (χ1v) is 15.0. The fourth-order valence-corrected chi connectivity index (χ4v) is 4.68. The van der Waals surface area contributed by atoms with Crippen LogP contribution in [0.3, 0.4) is 0 Å². The third-order valence-electron chi connectivity index (χ3n) is 6.85. The maximum atomic E-state index is 14.0. The molecule has 2 aromatic heterocycles. The van der Waals surface area contributed by atoms with Gasteiger partial charge in [-0.15, -0.1) is 5.10 Å². The predicted molar refractivity (Wildman–Crippen MR) is 168 cm³/mol. The second-order valence-corrected chi connectivity index (χ2v) is 13.6. The number of nitrogens with zero attached hydrogens (tertiary/aromatic N) is 3. The van der Waals surface area contributed by atoms with Gasteiger partial charge in [-0.2, -0.15) is 0 Å². The summed E-state index contributed by atoms with van der Waals surface area (Å²) in [5.74, 6) is -1.53. The van der Waals surface area contributed by atoms with Crippen molar-refractivity contribution < 1.29 is 33.0 Å². The SMILES string of the molecule is CC(C)COc1ccc2c(C(=O)CC(CCn3nnc4ccccc4c3=O)(C(=O)OC(C)(C)C)C(=O)OC(C)(C)C)coc2c1. The van der Waals surface area contributed by atoms with Gasteiger partial charge in [0, 0.05) is 24.4 Å². The van der Waals surface area contributed by atoms with Crippen LogP contribution in [-0.2, 0) is 25.6 Å². The number of furan rings is 1. The number of esters is 2. The van der Waals surface area contributed by atoms with E-state index >= 15 is 0 Å². The molecule has 0 aliphatic carbocycles. The van der Waals surface area contributed by atoms with Gasteiger partial charge in [0.2, 0.25) is 0 Å². The van der Waals surface area contributed by atoms with E-state index in [4.69, 9.17) is 18.6 Å². The summed E-state index contributed by atoms with van der Waals surface area (Å²) >= 11 is 0. The van der Waals surface area contributed by atoms with E-state index in [0.717, 1.165) is 4.68 Å². The lowest BCUT2D eigenvalue weighted by Gasteiger charge is -2.34. The molecule has 0 fully saturated rings. The van der Waals surface area contributed by atoms with Gasteiger partial charge in [0.15, 0.2) is 11.2 Å². The number of hydrogen-bond donors (Lipinski definition) is 0. The summed E-state index contributed by atoms with van der Waals surface area (Å²) in [6.07, 6.45) is 0.374.